The van der Waals surface area contributed by atoms with E-state index in [1.807, 2.05) is 18.2 Å². The Labute approximate surface area is 121 Å². The van der Waals surface area contributed by atoms with Gasteiger partial charge in [0, 0.05) is 24.8 Å². The van der Waals surface area contributed by atoms with Crippen LogP contribution in [0.2, 0.25) is 0 Å². The van der Waals surface area contributed by atoms with Crippen molar-refractivity contribution in [2.75, 3.05) is 12.8 Å². The molecule has 0 unspecified atom stereocenters. The number of anilines is 1. The third-order valence-corrected chi connectivity index (χ3v) is 3.12. The van der Waals surface area contributed by atoms with Gasteiger partial charge in [-0.3, -0.25) is 4.57 Å². The van der Waals surface area contributed by atoms with Gasteiger partial charge in [0.15, 0.2) is 11.6 Å². The van der Waals surface area contributed by atoms with Crippen molar-refractivity contribution in [2.24, 2.45) is 0 Å². The highest BCUT2D eigenvalue weighted by Crippen LogP contribution is 2.28. The highest BCUT2D eigenvalue weighted by Gasteiger charge is 2.09. The van der Waals surface area contributed by atoms with E-state index in [1.165, 1.54) is 4.57 Å². The number of fused-ring (bicyclic) bond motifs is 1. The van der Waals surface area contributed by atoms with Crippen LogP contribution in [0.1, 0.15) is 0 Å². The van der Waals surface area contributed by atoms with Gasteiger partial charge in [0.25, 0.3) is 0 Å². The van der Waals surface area contributed by atoms with Crippen LogP contribution in [0.25, 0.3) is 10.9 Å². The number of nitrogen functional groups attached to an aromatic ring is 1. The molecule has 0 aliphatic rings. The molecule has 0 aliphatic carbocycles. The van der Waals surface area contributed by atoms with Crippen LogP contribution in [0, 0.1) is 0 Å². The molecule has 3 N–H and O–H groups in total. The number of benzene rings is 1. The summed E-state index contributed by atoms with van der Waals surface area (Å²) >= 11 is 0. The quantitative estimate of drug-likeness (QED) is 0.757. The number of nitrogens with one attached hydrogen (secondary N) is 1. The van der Waals surface area contributed by atoms with Crippen molar-refractivity contribution in [2.45, 2.75) is 0 Å². The largest absolute Gasteiger partial charge is 0.453 e. The molecule has 3 aromatic rings. The lowest BCUT2D eigenvalue weighted by Crippen LogP contribution is -2.23. The smallest absolute Gasteiger partial charge is 0.325 e. The molecule has 2 heterocycles. The summed E-state index contributed by atoms with van der Waals surface area (Å²) in [4.78, 5) is 15.7. The number of ether oxygens (including phenoxy) is 1. The zero-order chi connectivity index (χ0) is 14.8. The van der Waals surface area contributed by atoms with Crippen molar-refractivity contribution in [3.63, 3.8) is 0 Å². The van der Waals surface area contributed by atoms with E-state index in [-0.39, 0.29) is 6.03 Å². The zero-order valence-electron chi connectivity index (χ0n) is 11.4. The van der Waals surface area contributed by atoms with Gasteiger partial charge in [-0.25, -0.2) is 9.78 Å². The van der Waals surface area contributed by atoms with Crippen molar-refractivity contribution in [3.8, 4) is 11.5 Å². The van der Waals surface area contributed by atoms with Crippen molar-refractivity contribution < 1.29 is 9.53 Å². The predicted octanol–water partition coefficient (Wildman–Crippen LogP) is 2.60. The first-order valence-corrected chi connectivity index (χ1v) is 6.40. The molecule has 2 aromatic heterocycles. The second-order valence-corrected chi connectivity index (χ2v) is 4.45. The van der Waals surface area contributed by atoms with Gasteiger partial charge < -0.3 is 15.8 Å². The van der Waals surface area contributed by atoms with Crippen LogP contribution < -0.4 is 15.8 Å². The highest BCUT2D eigenvalue weighted by atomic mass is 16.5. The Morgan fingerprint density at radius 1 is 1.33 bits per heavy atom. The van der Waals surface area contributed by atoms with Crippen LogP contribution >= 0.6 is 0 Å². The van der Waals surface area contributed by atoms with E-state index in [2.05, 4.69) is 10.3 Å². The first-order valence-electron chi connectivity index (χ1n) is 6.40. The average Bonchev–Trinajstić information content (AvgIpc) is 2.92. The Balaban J connectivity index is 1.95. The van der Waals surface area contributed by atoms with Crippen molar-refractivity contribution in [3.05, 3.63) is 48.8 Å². The Kier molecular flexibility index (Phi) is 3.19. The van der Waals surface area contributed by atoms with Gasteiger partial charge in [0.2, 0.25) is 0 Å². The summed E-state index contributed by atoms with van der Waals surface area (Å²) in [6.07, 6.45) is 3.32. The standard InChI is InChI=1S/C15H14N4O2/c1-17-15(20)19-8-6-10-9-11(4-5-12(10)19)21-13-3-2-7-18-14(13)16/h2-9H,1H3,(H2,16,18)(H,17,20). The number of aromatic nitrogens is 2. The number of carbonyl (C=O) groups excluding carboxylic acids is 1. The van der Waals surface area contributed by atoms with Gasteiger partial charge >= 0.3 is 6.03 Å². The molecule has 0 fully saturated rings. The monoisotopic (exact) mass is 282 g/mol. The Hall–Kier alpha value is -3.02. The summed E-state index contributed by atoms with van der Waals surface area (Å²) in [5.41, 5.74) is 6.56. The average molecular weight is 282 g/mol. The molecule has 106 valence electrons. The van der Waals surface area contributed by atoms with E-state index < -0.39 is 0 Å². The number of nitrogens with zero attached hydrogens (tertiary/aromatic N) is 2. The molecule has 0 atom stereocenters. The summed E-state index contributed by atoms with van der Waals surface area (Å²) in [7, 11) is 1.59. The van der Waals surface area contributed by atoms with Gasteiger partial charge in [0.05, 0.1) is 5.52 Å². The number of hydrogen-bond donors (Lipinski definition) is 2. The summed E-state index contributed by atoms with van der Waals surface area (Å²) < 4.78 is 7.26. The van der Waals surface area contributed by atoms with Gasteiger partial charge in [-0.1, -0.05) is 0 Å². The van der Waals surface area contributed by atoms with E-state index >= 15 is 0 Å². The second kappa shape index (κ2) is 5.16. The van der Waals surface area contributed by atoms with E-state index in [4.69, 9.17) is 10.5 Å². The maximum Gasteiger partial charge on any atom is 0.325 e. The fraction of sp³-hybridized carbons (Fsp3) is 0.0667. The molecule has 0 radical (unpaired) electrons. The fourth-order valence-corrected chi connectivity index (χ4v) is 2.10. The fourth-order valence-electron chi connectivity index (χ4n) is 2.10. The maximum atomic E-state index is 11.7. The lowest BCUT2D eigenvalue weighted by atomic mass is 10.2. The van der Waals surface area contributed by atoms with Crippen molar-refractivity contribution in [1.82, 2.24) is 14.9 Å². The van der Waals surface area contributed by atoms with Crippen LogP contribution in [0.3, 0.4) is 0 Å². The number of pyridine rings is 1. The normalized spacial score (nSPS) is 10.5. The van der Waals surface area contributed by atoms with Crippen molar-refractivity contribution in [1.29, 1.82) is 0 Å². The minimum atomic E-state index is -0.185. The minimum Gasteiger partial charge on any atom is -0.453 e. The summed E-state index contributed by atoms with van der Waals surface area (Å²) in [5, 5.41) is 3.49. The lowest BCUT2D eigenvalue weighted by Gasteiger charge is -2.08. The summed E-state index contributed by atoms with van der Waals surface area (Å²) in [5.74, 6) is 1.47. The van der Waals surface area contributed by atoms with Gasteiger partial charge in [-0.2, -0.15) is 0 Å². The van der Waals surface area contributed by atoms with E-state index in [9.17, 15) is 4.79 Å². The van der Waals surface area contributed by atoms with Gasteiger partial charge in [-0.15, -0.1) is 0 Å². The number of hydrogen-bond acceptors (Lipinski definition) is 4. The van der Waals surface area contributed by atoms with Crippen LogP contribution in [0.5, 0.6) is 11.5 Å². The van der Waals surface area contributed by atoms with Crippen LogP contribution in [0.15, 0.2) is 48.8 Å². The number of rotatable bonds is 2. The summed E-state index contributed by atoms with van der Waals surface area (Å²) in [6.45, 7) is 0. The molecular formula is C15H14N4O2. The molecule has 21 heavy (non-hydrogen) atoms. The van der Waals surface area contributed by atoms with E-state index in [1.54, 1.807) is 37.6 Å². The molecule has 3 rings (SSSR count). The number of carbonyl (C=O) groups is 1. The predicted molar refractivity (Wildman–Crippen MR) is 80.5 cm³/mol. The molecule has 0 saturated carbocycles. The second-order valence-electron chi connectivity index (χ2n) is 4.45. The number of nitrogens with two attached hydrogens (primary N) is 1. The molecule has 0 aliphatic heterocycles. The molecule has 1 aromatic carbocycles. The molecule has 0 spiro atoms. The van der Waals surface area contributed by atoms with E-state index in [0.717, 1.165) is 10.9 Å². The topological polar surface area (TPSA) is 82.2 Å². The van der Waals surface area contributed by atoms with Crippen LogP contribution in [-0.4, -0.2) is 22.6 Å². The molecule has 1 amide bonds. The van der Waals surface area contributed by atoms with E-state index in [0.29, 0.717) is 17.3 Å². The zero-order valence-corrected chi connectivity index (χ0v) is 11.4. The Morgan fingerprint density at radius 3 is 2.95 bits per heavy atom. The van der Waals surface area contributed by atoms with Gasteiger partial charge in [0.1, 0.15) is 5.75 Å². The first-order chi connectivity index (χ1) is 10.2. The van der Waals surface area contributed by atoms with Crippen LogP contribution in [0.4, 0.5) is 10.6 Å². The molecule has 6 nitrogen and oxygen atoms in total. The minimum absolute atomic E-state index is 0.185. The molecule has 0 saturated heterocycles. The molecule has 6 heteroatoms. The Bertz CT molecular complexity index is 810. The Morgan fingerprint density at radius 2 is 2.19 bits per heavy atom. The third kappa shape index (κ3) is 2.38. The maximum absolute atomic E-state index is 11.7. The highest BCUT2D eigenvalue weighted by molar-refractivity contribution is 5.92. The SMILES string of the molecule is CNC(=O)n1ccc2cc(Oc3cccnc3N)ccc21. The molecule has 0 bridgehead atoms. The van der Waals surface area contributed by atoms with Gasteiger partial charge in [-0.05, 0) is 36.4 Å². The lowest BCUT2D eigenvalue weighted by molar-refractivity contribution is 0.245. The summed E-state index contributed by atoms with van der Waals surface area (Å²) in [6, 6.07) is 10.6. The number of amides is 1. The van der Waals surface area contributed by atoms with Crippen LogP contribution in [-0.2, 0) is 0 Å². The molecular weight excluding hydrogens is 268 g/mol. The third-order valence-electron chi connectivity index (χ3n) is 3.12. The van der Waals surface area contributed by atoms with Crippen molar-refractivity contribution >= 4 is 22.8 Å². The first kappa shape index (κ1) is 13.0.